The highest BCUT2D eigenvalue weighted by Gasteiger charge is 2.44. The second kappa shape index (κ2) is 59.4. The molecule has 0 N–H and O–H groups in total. The maximum absolute atomic E-state index is 12.6. The van der Waals surface area contributed by atoms with E-state index in [1.165, 1.54) is 43.0 Å². The van der Waals surface area contributed by atoms with E-state index in [0.29, 0.717) is 209 Å². The predicted molar refractivity (Wildman–Crippen MR) is 383 cm³/mol. The first kappa shape index (κ1) is 94.7. The molecular formula is C72H118ClN3O30. The van der Waals surface area contributed by atoms with E-state index in [0.717, 1.165) is 0 Å². The summed E-state index contributed by atoms with van der Waals surface area (Å²) in [6, 6.07) is 8.50. The summed E-state index contributed by atoms with van der Waals surface area (Å²) in [5, 5.41) is 23.7. The van der Waals surface area contributed by atoms with E-state index in [1.807, 2.05) is 41.5 Å². The Hall–Kier alpha value is -5.51. The minimum Gasteiger partial charge on any atom is -0.461 e. The number of esters is 1. The van der Waals surface area contributed by atoms with Gasteiger partial charge >= 0.3 is 23.4 Å². The Labute approximate surface area is 628 Å². The smallest absolute Gasteiger partial charge is 0.411 e. The molecule has 6 unspecified atom stereocenters. The fourth-order valence-corrected chi connectivity index (χ4v) is 10.5. The minimum absolute atomic E-state index is 0.00757. The lowest BCUT2D eigenvalue weighted by atomic mass is 9.78. The summed E-state index contributed by atoms with van der Waals surface area (Å²) < 4.78 is 120. The third kappa shape index (κ3) is 40.8. The van der Waals surface area contributed by atoms with Gasteiger partial charge in [-0.3, -0.25) is 39.5 Å². The summed E-state index contributed by atoms with van der Waals surface area (Å²) >= 11 is 5.95. The fraction of sp³-hybridized carbons (Fsp3) is 0.778. The number of nitrogens with zero attached hydrogens (tertiary/aromatic N) is 3. The van der Waals surface area contributed by atoms with Crippen LogP contribution in [0.25, 0.3) is 0 Å². The van der Waals surface area contributed by atoms with Crippen molar-refractivity contribution in [3.05, 3.63) is 67.8 Å². The molecule has 608 valence electrons. The lowest BCUT2D eigenvalue weighted by Gasteiger charge is -2.42. The van der Waals surface area contributed by atoms with Crippen LogP contribution >= 0.6 is 11.6 Å². The van der Waals surface area contributed by atoms with Gasteiger partial charge in [0.05, 0.1) is 207 Å². The lowest BCUT2D eigenvalue weighted by molar-refractivity contribution is -0.386. The number of alkyl halides is 1. The molecule has 2 saturated heterocycles. The molecule has 34 heteroatoms. The summed E-state index contributed by atoms with van der Waals surface area (Å²) in [4.78, 5) is 72.9. The number of carbonyl (C=O) groups excluding carboxylic acids is 4. The maximum Gasteiger partial charge on any atom is 0.411 e. The van der Waals surface area contributed by atoms with Crippen LogP contribution in [0.2, 0.25) is 0 Å². The number of hydrogen-bond acceptors (Lipinski definition) is 30. The number of benzene rings is 2. The summed E-state index contributed by atoms with van der Waals surface area (Å²) in [5.74, 6) is -0.743. The molecule has 0 radical (unpaired) electrons. The largest absolute Gasteiger partial charge is 0.461 e. The highest BCUT2D eigenvalue weighted by atomic mass is 35.5. The normalized spacial score (nSPS) is 20.0. The Morgan fingerprint density at radius 1 is 0.415 bits per heavy atom. The van der Waals surface area contributed by atoms with Crippen molar-refractivity contribution in [3.63, 3.8) is 0 Å². The number of rotatable bonds is 62. The molecule has 0 saturated carbocycles. The molecule has 0 aromatic heterocycles. The molecule has 33 nitrogen and oxygen atoms in total. The highest BCUT2D eigenvalue weighted by Crippen LogP contribution is 2.40. The first-order valence-corrected chi connectivity index (χ1v) is 36.7. The van der Waals surface area contributed by atoms with Crippen LogP contribution in [0, 0.1) is 55.7 Å². The number of hydrogen-bond donors (Lipinski definition) is 0. The lowest BCUT2D eigenvalue weighted by Crippen LogP contribution is -2.49. The molecule has 1 amide bonds. The van der Waals surface area contributed by atoms with E-state index in [2.05, 4.69) is 0 Å². The van der Waals surface area contributed by atoms with Crippen molar-refractivity contribution in [2.45, 2.75) is 106 Å². The van der Waals surface area contributed by atoms with Crippen molar-refractivity contribution in [2.24, 2.45) is 35.5 Å². The molecule has 0 bridgehead atoms. The second-order valence-corrected chi connectivity index (χ2v) is 25.1. The molecule has 0 spiro atoms. The van der Waals surface area contributed by atoms with Gasteiger partial charge in [0.15, 0.2) is 23.1 Å². The van der Waals surface area contributed by atoms with Crippen LogP contribution in [0.4, 0.5) is 16.2 Å². The number of Topliss-reactive ketones (excluding diaryl/α,β-unsaturated/α-hetero) is 2. The number of nitro groups is 2. The Morgan fingerprint density at radius 2 is 0.708 bits per heavy atom. The number of nitro benzene ring substituents is 2. The van der Waals surface area contributed by atoms with Crippen LogP contribution < -0.4 is 9.47 Å². The van der Waals surface area contributed by atoms with Gasteiger partial charge in [0.25, 0.3) is 0 Å². The molecule has 106 heavy (non-hydrogen) atoms. The average molecular weight is 1540 g/mol. The SMILES string of the molecule is COCCOCCOCCOCCOCCOCCOCCOCCCC(=O)OCc1ccc(OC2OC(C(C)=O)C(C)[C@H](C)[C@@H]2C)c([N+](=O)[O-])c1.COCCOCCOCCOCCOCCOCCOCCOCCN(CCl)C(=O)OCc1ccc(OC2OC(C(C)=O)C(C)[C@H](C)[C@@H]2C)c([N+](=O)[O-])c1. The van der Waals surface area contributed by atoms with Gasteiger partial charge in [-0.15, -0.1) is 11.6 Å². The zero-order valence-electron chi connectivity index (χ0n) is 63.7. The number of amides is 1. The first-order chi connectivity index (χ1) is 51.2. The zero-order chi connectivity index (χ0) is 77.5. The number of ketones is 2. The molecule has 2 aromatic rings. The van der Waals surface area contributed by atoms with Crippen LogP contribution in [-0.2, 0) is 122 Å². The van der Waals surface area contributed by atoms with Crippen molar-refractivity contribution in [2.75, 3.05) is 225 Å². The Morgan fingerprint density at radius 3 is 1.00 bits per heavy atom. The Bertz CT molecular complexity index is 2690. The summed E-state index contributed by atoms with van der Waals surface area (Å²) in [6.07, 6.45) is -3.09. The van der Waals surface area contributed by atoms with Gasteiger partial charge in [-0.05, 0) is 67.2 Å². The van der Waals surface area contributed by atoms with Crippen molar-refractivity contribution in [1.82, 2.24) is 4.90 Å². The number of ether oxygens (including phenoxy) is 22. The standard InChI is InChI=1S/C36H59ClN2O15.C36H59NO15/c1-27-28(2)34(30(4)40)54-35(29(27)3)53-33-7-6-31(24-32(33)39(42)43)25-52-36(41)38(26-37)8-9-45-12-13-47-16-17-49-20-21-51-23-22-50-19-18-48-15-14-46-11-10-44-5;1-27-28(2)35(30(4)38)52-36(29(27)3)51-33-9-8-31(25-32(33)37(40)41)26-50-34(39)7-6-10-43-13-14-45-17-18-47-21-22-49-24-23-48-20-19-46-16-15-44-12-11-42-5/h6-7,24,27-29,34-35H,8-23,25-26H2,1-5H3;8-9,25,27-29,35-36H,6-7,10-24,26H2,1-5H3/t27-,28?,29-,34?,35?;27-,28?,29-,35?,36?/m00/s1. The summed E-state index contributed by atoms with van der Waals surface area (Å²) in [5.41, 5.74) is 0.223. The zero-order valence-corrected chi connectivity index (χ0v) is 64.4. The van der Waals surface area contributed by atoms with Crippen molar-refractivity contribution < 1.29 is 133 Å². The van der Waals surface area contributed by atoms with E-state index in [-0.39, 0.29) is 109 Å². The molecule has 2 fully saturated rings. The van der Waals surface area contributed by atoms with E-state index >= 15 is 0 Å². The van der Waals surface area contributed by atoms with Crippen molar-refractivity contribution >= 4 is 46.6 Å². The van der Waals surface area contributed by atoms with E-state index in [9.17, 15) is 39.4 Å². The first-order valence-electron chi connectivity index (χ1n) is 36.1. The van der Waals surface area contributed by atoms with Gasteiger partial charge in [0.2, 0.25) is 12.6 Å². The second-order valence-electron chi connectivity index (χ2n) is 24.8. The summed E-state index contributed by atoms with van der Waals surface area (Å²) in [6.45, 7) is 28.2. The van der Waals surface area contributed by atoms with E-state index < -0.39 is 46.7 Å². The van der Waals surface area contributed by atoms with Crippen LogP contribution in [0.1, 0.15) is 79.4 Å². The van der Waals surface area contributed by atoms with Gasteiger partial charge in [0.1, 0.15) is 25.4 Å². The molecule has 2 aromatic carbocycles. The molecule has 10 atom stereocenters. The Kier molecular flexibility index (Phi) is 53.0. The molecule has 2 aliphatic heterocycles. The van der Waals surface area contributed by atoms with Crippen LogP contribution in [0.5, 0.6) is 11.5 Å². The van der Waals surface area contributed by atoms with Crippen LogP contribution in [0.3, 0.4) is 0 Å². The topological polar surface area (TPSA) is 361 Å². The number of methoxy groups -OCH3 is 2. The van der Waals surface area contributed by atoms with Gasteiger partial charge in [-0.1, -0.05) is 53.7 Å². The number of halogens is 1. The quantitative estimate of drug-likeness (QED) is 0.0152. The molecule has 2 heterocycles. The molecule has 2 aliphatic rings. The van der Waals surface area contributed by atoms with Gasteiger partial charge in [0, 0.05) is 57.8 Å². The Balaban J connectivity index is 0.000000551. The van der Waals surface area contributed by atoms with Gasteiger partial charge < -0.3 is 104 Å². The molecular weight excluding hydrogens is 1420 g/mol. The van der Waals surface area contributed by atoms with Gasteiger partial charge in [-0.2, -0.15) is 0 Å². The van der Waals surface area contributed by atoms with Crippen molar-refractivity contribution in [3.8, 4) is 11.5 Å². The van der Waals surface area contributed by atoms with Gasteiger partial charge in [-0.25, -0.2) is 4.79 Å². The number of carbonyl (C=O) groups is 4. The van der Waals surface area contributed by atoms with Crippen molar-refractivity contribution in [1.29, 1.82) is 0 Å². The average Bonchev–Trinajstić information content (AvgIpc) is 0.803. The molecule has 0 aliphatic carbocycles. The third-order valence-corrected chi connectivity index (χ3v) is 17.4. The fourth-order valence-electron chi connectivity index (χ4n) is 10.3. The highest BCUT2D eigenvalue weighted by molar-refractivity contribution is 6.18. The molecule has 4 rings (SSSR count). The van der Waals surface area contributed by atoms with Crippen LogP contribution in [0.15, 0.2) is 36.4 Å². The van der Waals surface area contributed by atoms with Crippen LogP contribution in [-0.4, -0.2) is 288 Å². The predicted octanol–water partition coefficient (Wildman–Crippen LogP) is 7.88. The monoisotopic (exact) mass is 1540 g/mol. The third-order valence-electron chi connectivity index (χ3n) is 17.1. The van der Waals surface area contributed by atoms with E-state index in [1.54, 1.807) is 26.4 Å². The maximum atomic E-state index is 12.6. The summed E-state index contributed by atoms with van der Waals surface area (Å²) in [7, 11) is 3.26. The van der Waals surface area contributed by atoms with E-state index in [4.69, 9.17) is 116 Å². The minimum atomic E-state index is -0.846.